The fourth-order valence-electron chi connectivity index (χ4n) is 1.75. The zero-order chi connectivity index (χ0) is 19.0. The second kappa shape index (κ2) is 8.81. The van der Waals surface area contributed by atoms with Crippen LogP contribution in [0.25, 0.3) is 5.57 Å². The molecule has 0 aromatic carbocycles. The van der Waals surface area contributed by atoms with E-state index in [0.29, 0.717) is 17.7 Å². The Labute approximate surface area is 146 Å². The number of aromatic nitrogens is 1. The van der Waals surface area contributed by atoms with Gasteiger partial charge in [-0.2, -0.15) is 0 Å². The summed E-state index contributed by atoms with van der Waals surface area (Å²) in [5, 5.41) is 21.6. The zero-order valence-electron chi connectivity index (χ0n) is 14.6. The Morgan fingerprint density at radius 3 is 2.64 bits per heavy atom. The smallest absolute Gasteiger partial charge is 0.310 e. The Kier molecular flexibility index (Phi) is 7.10. The van der Waals surface area contributed by atoms with Crippen LogP contribution in [0.1, 0.15) is 43.2 Å². The molecule has 25 heavy (non-hydrogen) atoms. The Morgan fingerprint density at radius 2 is 2.12 bits per heavy atom. The Morgan fingerprint density at radius 1 is 1.44 bits per heavy atom. The lowest BCUT2D eigenvalue weighted by atomic mass is 9.94. The number of hydrogen-bond donors (Lipinski definition) is 4. The average molecular weight is 348 g/mol. The Hall–Kier alpha value is -2.90. The van der Waals surface area contributed by atoms with E-state index in [0.717, 1.165) is 6.42 Å². The van der Waals surface area contributed by atoms with Crippen LogP contribution in [0.5, 0.6) is 5.75 Å². The van der Waals surface area contributed by atoms with Crippen molar-refractivity contribution in [2.45, 2.75) is 27.2 Å². The van der Waals surface area contributed by atoms with Gasteiger partial charge in [-0.1, -0.05) is 6.92 Å². The number of amides is 1. The van der Waals surface area contributed by atoms with Crippen molar-refractivity contribution in [1.29, 1.82) is 0 Å². The molecule has 136 valence electrons. The standard InChI is InChI=1S/C17H24N4O4/c1-4-5-19-8-12(7-18)11-6-13(22)14(20-9-11)15(23)21-10-17(2,3)16(24)25/h6-9,22H,4-5,10,18H2,1-3H3,(H,21,23)(H,24,25). The number of aromatic hydroxyl groups is 1. The summed E-state index contributed by atoms with van der Waals surface area (Å²) in [4.78, 5) is 31.3. The number of carbonyl (C=O) groups excluding carboxylic acids is 1. The number of aliphatic carboxylic acids is 1. The van der Waals surface area contributed by atoms with E-state index in [1.807, 2.05) is 6.92 Å². The number of allylic oxidation sites excluding steroid dienone is 1. The molecule has 0 bridgehead atoms. The predicted octanol–water partition coefficient (Wildman–Crippen LogP) is 1.41. The maximum absolute atomic E-state index is 12.1. The van der Waals surface area contributed by atoms with Crippen LogP contribution in [0.4, 0.5) is 0 Å². The fourth-order valence-corrected chi connectivity index (χ4v) is 1.75. The van der Waals surface area contributed by atoms with E-state index in [1.165, 1.54) is 32.3 Å². The van der Waals surface area contributed by atoms with Gasteiger partial charge in [-0.3, -0.25) is 14.6 Å². The second-order valence-electron chi connectivity index (χ2n) is 6.12. The van der Waals surface area contributed by atoms with E-state index in [1.54, 1.807) is 6.21 Å². The monoisotopic (exact) mass is 348 g/mol. The van der Waals surface area contributed by atoms with Crippen LogP contribution in [-0.4, -0.2) is 46.4 Å². The van der Waals surface area contributed by atoms with Crippen LogP contribution in [0.2, 0.25) is 0 Å². The van der Waals surface area contributed by atoms with Gasteiger partial charge < -0.3 is 21.3 Å². The number of nitrogens with zero attached hydrogens (tertiary/aromatic N) is 2. The molecule has 0 fully saturated rings. The number of rotatable bonds is 8. The van der Waals surface area contributed by atoms with Gasteiger partial charge in [-0.15, -0.1) is 0 Å². The van der Waals surface area contributed by atoms with Gasteiger partial charge in [0, 0.05) is 42.8 Å². The molecule has 0 atom stereocenters. The summed E-state index contributed by atoms with van der Waals surface area (Å²) in [5.74, 6) is -2.02. The third kappa shape index (κ3) is 5.59. The van der Waals surface area contributed by atoms with Crippen molar-refractivity contribution < 1.29 is 19.8 Å². The van der Waals surface area contributed by atoms with Gasteiger partial charge >= 0.3 is 5.97 Å². The first kappa shape index (κ1) is 20.1. The van der Waals surface area contributed by atoms with E-state index in [2.05, 4.69) is 15.3 Å². The van der Waals surface area contributed by atoms with Gasteiger partial charge in [-0.05, 0) is 26.3 Å². The van der Waals surface area contributed by atoms with Crippen molar-refractivity contribution in [3.8, 4) is 5.75 Å². The molecular weight excluding hydrogens is 324 g/mol. The van der Waals surface area contributed by atoms with Gasteiger partial charge in [-0.25, -0.2) is 4.98 Å². The normalized spacial score (nSPS) is 12.4. The summed E-state index contributed by atoms with van der Waals surface area (Å²) >= 11 is 0. The number of nitrogens with one attached hydrogen (secondary N) is 1. The van der Waals surface area contributed by atoms with E-state index in [-0.39, 0.29) is 18.0 Å². The maximum Gasteiger partial charge on any atom is 0.310 e. The summed E-state index contributed by atoms with van der Waals surface area (Å²) in [6.07, 6.45) is 5.21. The van der Waals surface area contributed by atoms with Crippen LogP contribution >= 0.6 is 0 Å². The van der Waals surface area contributed by atoms with Gasteiger partial charge in [0.05, 0.1) is 5.41 Å². The largest absolute Gasteiger partial charge is 0.505 e. The molecule has 1 rings (SSSR count). The van der Waals surface area contributed by atoms with Crippen LogP contribution in [0, 0.1) is 5.41 Å². The molecule has 1 aromatic rings. The first-order valence-corrected chi connectivity index (χ1v) is 7.85. The SMILES string of the molecule is CCCN=CC(=CN)c1cnc(C(=O)NCC(C)(C)C(=O)O)c(O)c1. The average Bonchev–Trinajstić information content (AvgIpc) is 2.56. The molecule has 0 unspecified atom stereocenters. The maximum atomic E-state index is 12.1. The van der Waals surface area contributed by atoms with Gasteiger partial charge in [0.2, 0.25) is 0 Å². The number of carboxylic acids is 1. The molecule has 1 amide bonds. The lowest BCUT2D eigenvalue weighted by Crippen LogP contribution is -2.39. The number of pyridine rings is 1. The minimum absolute atomic E-state index is 0.0956. The van der Waals surface area contributed by atoms with E-state index >= 15 is 0 Å². The zero-order valence-corrected chi connectivity index (χ0v) is 14.6. The highest BCUT2D eigenvalue weighted by Gasteiger charge is 2.28. The highest BCUT2D eigenvalue weighted by atomic mass is 16.4. The quantitative estimate of drug-likeness (QED) is 0.524. The minimum Gasteiger partial charge on any atom is -0.505 e. The van der Waals surface area contributed by atoms with Crippen molar-refractivity contribution in [3.63, 3.8) is 0 Å². The number of nitrogens with two attached hydrogens (primary N) is 1. The molecule has 0 saturated carbocycles. The molecule has 5 N–H and O–H groups in total. The van der Waals surface area contributed by atoms with Crippen LogP contribution in [0.15, 0.2) is 23.5 Å². The number of hydrogen-bond acceptors (Lipinski definition) is 6. The van der Waals surface area contributed by atoms with Crippen molar-refractivity contribution in [3.05, 3.63) is 29.7 Å². The lowest BCUT2D eigenvalue weighted by Gasteiger charge is -2.19. The number of carboxylic acid groups (broad SMARTS) is 1. The first-order valence-electron chi connectivity index (χ1n) is 7.85. The molecule has 8 heteroatoms. The van der Waals surface area contributed by atoms with Crippen LogP contribution in [0.3, 0.4) is 0 Å². The van der Waals surface area contributed by atoms with Gasteiger partial charge in [0.25, 0.3) is 5.91 Å². The molecule has 0 aliphatic heterocycles. The molecule has 1 aromatic heterocycles. The molecule has 8 nitrogen and oxygen atoms in total. The topological polar surface area (TPSA) is 138 Å². The third-order valence-corrected chi connectivity index (χ3v) is 3.45. The van der Waals surface area contributed by atoms with Crippen molar-refractivity contribution in [1.82, 2.24) is 10.3 Å². The molecule has 0 radical (unpaired) electrons. The molecule has 1 heterocycles. The van der Waals surface area contributed by atoms with Gasteiger partial charge in [0.1, 0.15) is 5.75 Å². The van der Waals surface area contributed by atoms with Crippen molar-refractivity contribution >= 4 is 23.7 Å². The Balaban J connectivity index is 2.91. The highest BCUT2D eigenvalue weighted by Crippen LogP contribution is 2.21. The fraction of sp³-hybridized carbons (Fsp3) is 0.412. The number of carbonyl (C=O) groups is 2. The van der Waals surface area contributed by atoms with Crippen LogP contribution < -0.4 is 11.1 Å². The second-order valence-corrected chi connectivity index (χ2v) is 6.12. The van der Waals surface area contributed by atoms with Crippen molar-refractivity contribution in [2.24, 2.45) is 16.1 Å². The van der Waals surface area contributed by atoms with Crippen molar-refractivity contribution in [2.75, 3.05) is 13.1 Å². The molecular formula is C17H24N4O4. The molecule has 0 aliphatic carbocycles. The lowest BCUT2D eigenvalue weighted by molar-refractivity contribution is -0.146. The van der Waals surface area contributed by atoms with Crippen LogP contribution in [-0.2, 0) is 4.79 Å². The van der Waals surface area contributed by atoms with E-state index < -0.39 is 17.3 Å². The summed E-state index contributed by atoms with van der Waals surface area (Å²) in [6, 6.07) is 1.36. The summed E-state index contributed by atoms with van der Waals surface area (Å²) in [7, 11) is 0. The molecule has 0 saturated heterocycles. The van der Waals surface area contributed by atoms with Gasteiger partial charge in [0.15, 0.2) is 5.69 Å². The predicted molar refractivity (Wildman–Crippen MR) is 95.5 cm³/mol. The minimum atomic E-state index is -1.13. The summed E-state index contributed by atoms with van der Waals surface area (Å²) in [6.45, 7) is 5.52. The highest BCUT2D eigenvalue weighted by molar-refractivity contribution is 6.10. The van der Waals surface area contributed by atoms with E-state index in [4.69, 9.17) is 10.8 Å². The van der Waals surface area contributed by atoms with E-state index in [9.17, 15) is 14.7 Å². The third-order valence-electron chi connectivity index (χ3n) is 3.45. The molecule has 0 spiro atoms. The number of aliphatic imine (C=N–C) groups is 1. The Bertz CT molecular complexity index is 696. The first-order chi connectivity index (χ1) is 11.7. The summed E-state index contributed by atoms with van der Waals surface area (Å²) < 4.78 is 0. The molecule has 0 aliphatic rings. The summed E-state index contributed by atoms with van der Waals surface area (Å²) in [5.41, 5.74) is 5.33.